The lowest BCUT2D eigenvalue weighted by Crippen LogP contribution is -2.27. The van der Waals surface area contributed by atoms with Gasteiger partial charge in [0.15, 0.2) is 0 Å². The van der Waals surface area contributed by atoms with E-state index in [-0.39, 0.29) is 12.5 Å². The molecule has 1 N–H and O–H groups in total. The third kappa shape index (κ3) is 3.91. The molecule has 0 aliphatic rings. The molecule has 25 heavy (non-hydrogen) atoms. The van der Waals surface area contributed by atoms with E-state index in [1.54, 1.807) is 18.2 Å². The Morgan fingerprint density at radius 3 is 2.64 bits per heavy atom. The molecule has 1 amide bonds. The number of alkyl halides is 1. The Morgan fingerprint density at radius 1 is 1.16 bits per heavy atom. The van der Waals surface area contributed by atoms with Crippen LogP contribution in [0.3, 0.4) is 0 Å². The summed E-state index contributed by atoms with van der Waals surface area (Å²) in [6, 6.07) is 16.2. The fraction of sp³-hybridized carbons (Fsp3) is 0.200. The van der Waals surface area contributed by atoms with Crippen LogP contribution < -0.4 is 10.9 Å². The van der Waals surface area contributed by atoms with Crippen molar-refractivity contribution in [3.8, 4) is 0 Å². The summed E-state index contributed by atoms with van der Waals surface area (Å²) in [5, 5.41) is 2.85. The first kappa shape index (κ1) is 17.2. The van der Waals surface area contributed by atoms with Crippen LogP contribution in [-0.4, -0.2) is 5.91 Å². The number of amides is 1. The van der Waals surface area contributed by atoms with Gasteiger partial charge in [-0.1, -0.05) is 43.3 Å². The molecule has 0 aliphatic carbocycles. The van der Waals surface area contributed by atoms with Crippen molar-refractivity contribution in [3.05, 3.63) is 81.7 Å². The Bertz CT molecular complexity index is 950. The van der Waals surface area contributed by atoms with Crippen molar-refractivity contribution in [3.63, 3.8) is 0 Å². The summed E-state index contributed by atoms with van der Waals surface area (Å²) in [6.07, 6.45) is 0.874. The van der Waals surface area contributed by atoms with Gasteiger partial charge in [0.1, 0.15) is 11.0 Å². The number of halogens is 1. The van der Waals surface area contributed by atoms with E-state index in [2.05, 4.69) is 12.2 Å². The topological polar surface area (TPSA) is 59.3 Å². The van der Waals surface area contributed by atoms with Crippen LogP contribution in [0.2, 0.25) is 0 Å². The molecule has 1 unspecified atom stereocenters. The Kier molecular flexibility index (Phi) is 5.19. The molecular formula is C20H18ClNO3. The summed E-state index contributed by atoms with van der Waals surface area (Å²) >= 11 is 6.23. The van der Waals surface area contributed by atoms with Gasteiger partial charge in [0.25, 0.3) is 0 Å². The maximum atomic E-state index is 12.3. The highest BCUT2D eigenvalue weighted by Gasteiger charge is 2.17. The van der Waals surface area contributed by atoms with Gasteiger partial charge in [-0.05, 0) is 35.2 Å². The summed E-state index contributed by atoms with van der Waals surface area (Å²) in [5.74, 6) is -0.305. The van der Waals surface area contributed by atoms with Crippen LogP contribution in [0.4, 0.5) is 0 Å². The van der Waals surface area contributed by atoms with E-state index in [0.717, 1.165) is 22.9 Å². The minimum absolute atomic E-state index is 0.212. The molecule has 3 aromatic rings. The van der Waals surface area contributed by atoms with Crippen LogP contribution in [0.25, 0.3) is 11.0 Å². The summed E-state index contributed by atoms with van der Waals surface area (Å²) < 4.78 is 5.23. The van der Waals surface area contributed by atoms with E-state index in [0.29, 0.717) is 11.1 Å². The van der Waals surface area contributed by atoms with Gasteiger partial charge in [0, 0.05) is 18.0 Å². The smallest absolute Gasteiger partial charge is 0.336 e. The highest BCUT2D eigenvalue weighted by atomic mass is 35.5. The molecule has 1 aromatic heterocycles. The second kappa shape index (κ2) is 7.53. The van der Waals surface area contributed by atoms with Crippen LogP contribution in [0.1, 0.15) is 29.0 Å². The van der Waals surface area contributed by atoms with Gasteiger partial charge in [0.2, 0.25) is 5.91 Å². The fourth-order valence-electron chi connectivity index (χ4n) is 2.69. The molecule has 5 heteroatoms. The fourth-order valence-corrected chi connectivity index (χ4v) is 2.91. The van der Waals surface area contributed by atoms with E-state index >= 15 is 0 Å². The minimum atomic E-state index is -0.779. The summed E-state index contributed by atoms with van der Waals surface area (Å²) in [7, 11) is 0. The van der Waals surface area contributed by atoms with Crippen molar-refractivity contribution in [2.75, 3.05) is 0 Å². The van der Waals surface area contributed by atoms with E-state index in [1.807, 2.05) is 30.3 Å². The van der Waals surface area contributed by atoms with Gasteiger partial charge >= 0.3 is 5.63 Å². The first-order valence-electron chi connectivity index (χ1n) is 8.11. The number of rotatable bonds is 5. The molecule has 3 rings (SSSR count). The van der Waals surface area contributed by atoms with Crippen LogP contribution in [0.5, 0.6) is 0 Å². The maximum Gasteiger partial charge on any atom is 0.336 e. The van der Waals surface area contributed by atoms with Crippen molar-refractivity contribution < 1.29 is 9.21 Å². The maximum absolute atomic E-state index is 12.3. The summed E-state index contributed by atoms with van der Waals surface area (Å²) in [6.45, 7) is 2.27. The van der Waals surface area contributed by atoms with Crippen molar-refractivity contribution in [1.29, 1.82) is 0 Å². The van der Waals surface area contributed by atoms with E-state index in [1.165, 1.54) is 6.07 Å². The minimum Gasteiger partial charge on any atom is -0.423 e. The van der Waals surface area contributed by atoms with Gasteiger partial charge in [-0.25, -0.2) is 4.79 Å². The molecule has 0 saturated carbocycles. The van der Waals surface area contributed by atoms with Crippen molar-refractivity contribution >= 4 is 28.5 Å². The van der Waals surface area contributed by atoms with Gasteiger partial charge < -0.3 is 9.73 Å². The summed E-state index contributed by atoms with van der Waals surface area (Å²) in [4.78, 5) is 24.1. The second-order valence-corrected chi connectivity index (χ2v) is 6.20. The molecule has 4 nitrogen and oxygen atoms in total. The highest BCUT2D eigenvalue weighted by molar-refractivity contribution is 6.30. The lowest BCUT2D eigenvalue weighted by Gasteiger charge is -2.12. The number of nitrogens with one attached hydrogen (secondary N) is 1. The molecule has 0 fully saturated rings. The van der Waals surface area contributed by atoms with Crippen molar-refractivity contribution in [2.45, 2.75) is 25.3 Å². The number of fused-ring (bicyclic) bond motifs is 1. The lowest BCUT2D eigenvalue weighted by molar-refractivity contribution is -0.121. The van der Waals surface area contributed by atoms with Crippen LogP contribution in [0, 0.1) is 0 Å². The number of benzene rings is 2. The first-order valence-corrected chi connectivity index (χ1v) is 8.54. The zero-order chi connectivity index (χ0) is 17.8. The molecule has 1 atom stereocenters. The van der Waals surface area contributed by atoms with E-state index < -0.39 is 11.0 Å². The second-order valence-electron chi connectivity index (χ2n) is 5.77. The molecule has 2 aromatic carbocycles. The van der Waals surface area contributed by atoms with Crippen LogP contribution >= 0.6 is 11.6 Å². The zero-order valence-corrected chi connectivity index (χ0v) is 14.5. The molecule has 0 radical (unpaired) electrons. The van der Waals surface area contributed by atoms with Gasteiger partial charge in [-0.15, -0.1) is 11.6 Å². The largest absolute Gasteiger partial charge is 0.423 e. The van der Waals surface area contributed by atoms with E-state index in [9.17, 15) is 9.59 Å². The summed E-state index contributed by atoms with van der Waals surface area (Å²) in [5.41, 5.74) is 2.65. The first-order chi connectivity index (χ1) is 12.1. The van der Waals surface area contributed by atoms with E-state index in [4.69, 9.17) is 16.0 Å². The molecule has 0 saturated heterocycles. The molecule has 0 spiro atoms. The monoisotopic (exact) mass is 355 g/mol. The molecule has 0 bridgehead atoms. The lowest BCUT2D eigenvalue weighted by atomic mass is 10.1. The van der Waals surface area contributed by atoms with Crippen molar-refractivity contribution in [2.24, 2.45) is 0 Å². The zero-order valence-electron chi connectivity index (χ0n) is 13.8. The normalized spacial score (nSPS) is 12.1. The number of carbonyl (C=O) groups excluding carboxylic acids is 1. The molecule has 1 heterocycles. The highest BCUT2D eigenvalue weighted by Crippen LogP contribution is 2.22. The number of hydrogen-bond acceptors (Lipinski definition) is 3. The quantitative estimate of drug-likeness (QED) is 0.557. The Balaban J connectivity index is 1.83. The average molecular weight is 356 g/mol. The molecule has 128 valence electrons. The van der Waals surface area contributed by atoms with Crippen LogP contribution in [0.15, 0.2) is 63.8 Å². The number of aryl methyl sites for hydroxylation is 1. The standard InChI is InChI=1S/C20H18ClNO3/c1-2-13-8-9-17-16(10-13)15(11-18(23)25-17)12-22-20(24)19(21)14-6-4-3-5-7-14/h3-11,19H,2,12H2,1H3,(H,22,24). The van der Waals surface area contributed by atoms with Gasteiger partial charge in [0.05, 0.1) is 0 Å². The average Bonchev–Trinajstić information content (AvgIpc) is 2.65. The third-order valence-corrected chi connectivity index (χ3v) is 4.53. The van der Waals surface area contributed by atoms with Crippen LogP contribution in [-0.2, 0) is 17.8 Å². The Morgan fingerprint density at radius 2 is 1.92 bits per heavy atom. The molecule has 0 aliphatic heterocycles. The Hall–Kier alpha value is -2.59. The third-order valence-electron chi connectivity index (χ3n) is 4.08. The predicted molar refractivity (Wildman–Crippen MR) is 98.7 cm³/mol. The van der Waals surface area contributed by atoms with Gasteiger partial charge in [-0.2, -0.15) is 0 Å². The van der Waals surface area contributed by atoms with Crippen molar-refractivity contribution in [1.82, 2.24) is 5.32 Å². The predicted octanol–water partition coefficient (Wildman–Crippen LogP) is 3.95. The Labute approximate surface area is 150 Å². The molecular weight excluding hydrogens is 338 g/mol. The number of hydrogen-bond donors (Lipinski definition) is 1. The number of carbonyl (C=O) groups is 1. The SMILES string of the molecule is CCc1ccc2oc(=O)cc(CNC(=O)C(Cl)c3ccccc3)c2c1. The van der Waals surface area contributed by atoms with Gasteiger partial charge in [-0.3, -0.25) is 4.79 Å².